The molecule has 0 aliphatic heterocycles. The number of esters is 1. The predicted octanol–water partition coefficient (Wildman–Crippen LogP) is 3.93. The lowest BCUT2D eigenvalue weighted by atomic mass is 10.0. The largest absolute Gasteiger partial charge is 0.457 e. The quantitative estimate of drug-likeness (QED) is 0.606. The van der Waals surface area contributed by atoms with E-state index in [2.05, 4.69) is 13.8 Å². The molecule has 0 amide bonds. The molecule has 3 heteroatoms. The van der Waals surface area contributed by atoms with Crippen LogP contribution in [-0.2, 0) is 0 Å². The summed E-state index contributed by atoms with van der Waals surface area (Å²) in [7, 11) is 0. The standard InChI is InChI=1S/C15H16O3/c1-10(2)12-7-6-11(3)9-14(12)18-15(16)13-5-4-8-17-13/h4-10H,1-3H3. The third-order valence-corrected chi connectivity index (χ3v) is 2.72. The third kappa shape index (κ3) is 2.62. The molecule has 0 bridgehead atoms. The van der Waals surface area contributed by atoms with E-state index in [1.54, 1.807) is 12.1 Å². The normalized spacial score (nSPS) is 10.7. The summed E-state index contributed by atoms with van der Waals surface area (Å²) < 4.78 is 10.4. The Morgan fingerprint density at radius 2 is 2.06 bits per heavy atom. The SMILES string of the molecule is Cc1ccc(C(C)C)c(OC(=O)c2ccco2)c1. The zero-order valence-electron chi connectivity index (χ0n) is 10.8. The number of carbonyl (C=O) groups excluding carboxylic acids is 1. The molecule has 0 saturated carbocycles. The minimum atomic E-state index is -0.465. The molecule has 0 spiro atoms. The number of carbonyl (C=O) groups is 1. The van der Waals surface area contributed by atoms with Crippen LogP contribution in [0.15, 0.2) is 41.0 Å². The zero-order valence-corrected chi connectivity index (χ0v) is 10.8. The van der Waals surface area contributed by atoms with Crippen molar-refractivity contribution in [2.75, 3.05) is 0 Å². The summed E-state index contributed by atoms with van der Waals surface area (Å²) in [4.78, 5) is 11.8. The van der Waals surface area contributed by atoms with Gasteiger partial charge in [0, 0.05) is 0 Å². The zero-order chi connectivity index (χ0) is 13.1. The average molecular weight is 244 g/mol. The Balaban J connectivity index is 2.28. The molecule has 0 radical (unpaired) electrons. The first kappa shape index (κ1) is 12.4. The van der Waals surface area contributed by atoms with Crippen molar-refractivity contribution >= 4 is 5.97 Å². The van der Waals surface area contributed by atoms with E-state index in [1.165, 1.54) is 6.26 Å². The number of ether oxygens (including phenoxy) is 1. The van der Waals surface area contributed by atoms with Gasteiger partial charge >= 0.3 is 5.97 Å². The summed E-state index contributed by atoms with van der Waals surface area (Å²) in [6.45, 7) is 6.10. The maximum Gasteiger partial charge on any atom is 0.379 e. The lowest BCUT2D eigenvalue weighted by Gasteiger charge is -2.12. The summed E-state index contributed by atoms with van der Waals surface area (Å²) in [5.41, 5.74) is 2.07. The van der Waals surface area contributed by atoms with E-state index >= 15 is 0 Å². The second kappa shape index (κ2) is 5.08. The number of rotatable bonds is 3. The highest BCUT2D eigenvalue weighted by Crippen LogP contribution is 2.28. The van der Waals surface area contributed by atoms with Crippen LogP contribution in [0, 0.1) is 6.92 Å². The van der Waals surface area contributed by atoms with Gasteiger partial charge in [-0.3, -0.25) is 0 Å². The van der Waals surface area contributed by atoms with E-state index in [9.17, 15) is 4.79 Å². The molecule has 94 valence electrons. The first-order valence-electron chi connectivity index (χ1n) is 5.94. The number of aryl methyl sites for hydroxylation is 1. The third-order valence-electron chi connectivity index (χ3n) is 2.72. The van der Waals surface area contributed by atoms with Gasteiger partial charge in [0.25, 0.3) is 0 Å². The smallest absolute Gasteiger partial charge is 0.379 e. The molecule has 3 nitrogen and oxygen atoms in total. The van der Waals surface area contributed by atoms with E-state index in [-0.39, 0.29) is 5.76 Å². The summed E-state index contributed by atoms with van der Waals surface area (Å²) in [5, 5.41) is 0. The van der Waals surface area contributed by atoms with Crippen molar-refractivity contribution in [1.82, 2.24) is 0 Å². The molecule has 0 fully saturated rings. The summed E-state index contributed by atoms with van der Waals surface area (Å²) in [5.74, 6) is 0.648. The molecule has 1 aromatic carbocycles. The van der Waals surface area contributed by atoms with Gasteiger partial charge in [-0.05, 0) is 42.2 Å². The molecule has 1 heterocycles. The molecule has 1 aromatic heterocycles. The van der Waals surface area contributed by atoms with Crippen molar-refractivity contribution in [3.05, 3.63) is 53.5 Å². The molecular formula is C15H16O3. The molecule has 0 aliphatic rings. The lowest BCUT2D eigenvalue weighted by Crippen LogP contribution is -2.09. The van der Waals surface area contributed by atoms with Crippen LogP contribution < -0.4 is 4.74 Å². The van der Waals surface area contributed by atoms with Crippen LogP contribution in [0.3, 0.4) is 0 Å². The van der Waals surface area contributed by atoms with Crippen molar-refractivity contribution in [3.8, 4) is 5.75 Å². The maximum atomic E-state index is 11.8. The van der Waals surface area contributed by atoms with Gasteiger partial charge < -0.3 is 9.15 Å². The summed E-state index contributed by atoms with van der Waals surface area (Å²) in [6, 6.07) is 9.13. The fraction of sp³-hybridized carbons (Fsp3) is 0.267. The first-order chi connectivity index (χ1) is 8.58. The van der Waals surface area contributed by atoms with Crippen LogP contribution in [0.4, 0.5) is 0 Å². The van der Waals surface area contributed by atoms with Crippen molar-refractivity contribution in [3.63, 3.8) is 0 Å². The van der Waals surface area contributed by atoms with Gasteiger partial charge in [-0.2, -0.15) is 0 Å². The van der Waals surface area contributed by atoms with E-state index in [0.29, 0.717) is 11.7 Å². The Hall–Kier alpha value is -2.03. The molecule has 0 N–H and O–H groups in total. The van der Waals surface area contributed by atoms with Crippen molar-refractivity contribution in [2.24, 2.45) is 0 Å². The van der Waals surface area contributed by atoms with Crippen molar-refractivity contribution in [1.29, 1.82) is 0 Å². The minimum Gasteiger partial charge on any atom is -0.457 e. The van der Waals surface area contributed by atoms with Gasteiger partial charge in [0.1, 0.15) is 5.75 Å². The molecule has 18 heavy (non-hydrogen) atoms. The highest BCUT2D eigenvalue weighted by atomic mass is 16.5. The Kier molecular flexibility index (Phi) is 3.51. The Bertz CT molecular complexity index is 539. The summed E-state index contributed by atoms with van der Waals surface area (Å²) in [6.07, 6.45) is 1.45. The molecule has 0 unspecified atom stereocenters. The molecule has 0 saturated heterocycles. The van der Waals surface area contributed by atoms with Crippen LogP contribution in [-0.4, -0.2) is 5.97 Å². The van der Waals surface area contributed by atoms with E-state index in [0.717, 1.165) is 11.1 Å². The maximum absolute atomic E-state index is 11.8. The Morgan fingerprint density at radius 3 is 2.67 bits per heavy atom. The molecule has 2 aromatic rings. The highest BCUT2D eigenvalue weighted by molar-refractivity contribution is 5.88. The van der Waals surface area contributed by atoms with Crippen LogP contribution in [0.1, 0.15) is 41.4 Å². The molecule has 0 aliphatic carbocycles. The van der Waals surface area contributed by atoms with Crippen LogP contribution in [0.25, 0.3) is 0 Å². The van der Waals surface area contributed by atoms with Crippen LogP contribution >= 0.6 is 0 Å². The Morgan fingerprint density at radius 1 is 1.28 bits per heavy atom. The van der Waals surface area contributed by atoms with Gasteiger partial charge in [0.15, 0.2) is 0 Å². The Labute approximate surface area is 106 Å². The lowest BCUT2D eigenvalue weighted by molar-refractivity contribution is 0.0699. The second-order valence-corrected chi connectivity index (χ2v) is 4.56. The van der Waals surface area contributed by atoms with E-state index in [1.807, 2.05) is 25.1 Å². The van der Waals surface area contributed by atoms with Crippen molar-refractivity contribution in [2.45, 2.75) is 26.7 Å². The van der Waals surface area contributed by atoms with E-state index < -0.39 is 5.97 Å². The second-order valence-electron chi connectivity index (χ2n) is 4.56. The van der Waals surface area contributed by atoms with Crippen molar-refractivity contribution < 1.29 is 13.9 Å². The monoisotopic (exact) mass is 244 g/mol. The first-order valence-corrected chi connectivity index (χ1v) is 5.94. The molecule has 2 rings (SSSR count). The number of benzene rings is 1. The van der Waals surface area contributed by atoms with Gasteiger partial charge in [0.05, 0.1) is 6.26 Å². The fourth-order valence-electron chi connectivity index (χ4n) is 1.75. The molecule has 0 atom stereocenters. The number of furan rings is 1. The topological polar surface area (TPSA) is 39.4 Å². The van der Waals surface area contributed by atoms with Crippen LogP contribution in [0.2, 0.25) is 0 Å². The van der Waals surface area contributed by atoms with Crippen LogP contribution in [0.5, 0.6) is 5.75 Å². The van der Waals surface area contributed by atoms with Gasteiger partial charge in [-0.15, -0.1) is 0 Å². The average Bonchev–Trinajstić information content (AvgIpc) is 2.81. The van der Waals surface area contributed by atoms with E-state index in [4.69, 9.17) is 9.15 Å². The predicted molar refractivity (Wildman–Crippen MR) is 68.9 cm³/mol. The number of hydrogen-bond donors (Lipinski definition) is 0. The minimum absolute atomic E-state index is 0.214. The number of hydrogen-bond acceptors (Lipinski definition) is 3. The highest BCUT2D eigenvalue weighted by Gasteiger charge is 2.15. The van der Waals surface area contributed by atoms with Gasteiger partial charge in [-0.25, -0.2) is 4.79 Å². The fourth-order valence-corrected chi connectivity index (χ4v) is 1.75. The van der Waals surface area contributed by atoms with Gasteiger partial charge in [-0.1, -0.05) is 26.0 Å². The summed E-state index contributed by atoms with van der Waals surface area (Å²) >= 11 is 0. The van der Waals surface area contributed by atoms with Gasteiger partial charge in [0.2, 0.25) is 5.76 Å². The molecular weight excluding hydrogens is 228 g/mol.